The van der Waals surface area contributed by atoms with Gasteiger partial charge < -0.3 is 10.1 Å². The van der Waals surface area contributed by atoms with Crippen LogP contribution in [-0.2, 0) is 19.1 Å². The topological polar surface area (TPSA) is 75.5 Å². The van der Waals surface area contributed by atoms with E-state index in [2.05, 4.69) is 10.1 Å². The van der Waals surface area contributed by atoms with Crippen molar-refractivity contribution in [1.29, 1.82) is 0 Å². The standard InChI is InChI=1S/C3H6NO.C3H7NO.C3H6O2/c1-4(2)3-5;1-3(5)4-2;1-3(4)5-2/h1-2H3;1-2H3,(H,4,5);1-2H3/q+1;;. The average molecular weight is 219 g/mol. The zero-order valence-corrected chi connectivity index (χ0v) is 10.1. The van der Waals surface area contributed by atoms with Crippen LogP contribution in [0.1, 0.15) is 13.8 Å². The smallest absolute Gasteiger partial charge is 0.423 e. The van der Waals surface area contributed by atoms with E-state index in [1.165, 1.54) is 25.5 Å². The molecule has 0 aliphatic carbocycles. The van der Waals surface area contributed by atoms with E-state index in [1.54, 1.807) is 27.2 Å². The second kappa shape index (κ2) is 14.8. The summed E-state index contributed by atoms with van der Waals surface area (Å²) in [7, 11) is 6.21. The first-order valence-corrected chi connectivity index (χ1v) is 4.09. The largest absolute Gasteiger partial charge is 0.469 e. The minimum absolute atomic E-state index is 0.00463. The molecule has 0 unspecified atom stereocenters. The van der Waals surface area contributed by atoms with Crippen LogP contribution in [0.4, 0.5) is 0 Å². The van der Waals surface area contributed by atoms with E-state index in [-0.39, 0.29) is 11.9 Å². The van der Waals surface area contributed by atoms with Gasteiger partial charge in [-0.3, -0.25) is 9.59 Å². The molecule has 0 aliphatic heterocycles. The van der Waals surface area contributed by atoms with Crippen LogP contribution in [0, 0.1) is 0 Å². The fraction of sp³-hybridized carbons (Fsp3) is 0.667. The zero-order valence-electron chi connectivity index (χ0n) is 10.1. The molecule has 15 heavy (non-hydrogen) atoms. The molecule has 88 valence electrons. The van der Waals surface area contributed by atoms with Crippen LogP contribution < -0.4 is 5.32 Å². The van der Waals surface area contributed by atoms with Crippen LogP contribution in [0.3, 0.4) is 0 Å². The predicted molar refractivity (Wildman–Crippen MR) is 55.2 cm³/mol. The zero-order chi connectivity index (χ0) is 12.9. The Labute approximate surface area is 89.9 Å². The van der Waals surface area contributed by atoms with E-state index in [0.717, 1.165) is 0 Å². The molecular formula is C9H19N2O4+. The maximum atomic E-state index is 9.70. The lowest BCUT2D eigenvalue weighted by molar-refractivity contribution is -0.461. The molecule has 6 nitrogen and oxygen atoms in total. The van der Waals surface area contributed by atoms with Gasteiger partial charge >= 0.3 is 12.0 Å². The molecule has 0 aliphatic rings. The van der Waals surface area contributed by atoms with Crippen LogP contribution in [0.25, 0.3) is 0 Å². The molecule has 0 aromatic rings. The number of ether oxygens (including phenoxy) is 1. The minimum atomic E-state index is -0.245. The number of hydrogen-bond donors (Lipinski definition) is 1. The van der Waals surface area contributed by atoms with Gasteiger partial charge in [0.25, 0.3) is 0 Å². The third-order valence-electron chi connectivity index (χ3n) is 0.822. The first-order valence-electron chi connectivity index (χ1n) is 4.09. The number of nitrogens with zero attached hydrogens (tertiary/aromatic N) is 1. The van der Waals surface area contributed by atoms with E-state index >= 15 is 0 Å². The molecule has 6 heteroatoms. The van der Waals surface area contributed by atoms with E-state index in [9.17, 15) is 14.4 Å². The molecule has 1 amide bonds. The van der Waals surface area contributed by atoms with E-state index in [1.807, 2.05) is 0 Å². The third-order valence-corrected chi connectivity index (χ3v) is 0.822. The summed E-state index contributed by atoms with van der Waals surface area (Å²) in [5.41, 5.74) is 0. The Morgan fingerprint density at radius 1 is 1.27 bits per heavy atom. The minimum Gasteiger partial charge on any atom is -0.469 e. The summed E-state index contributed by atoms with van der Waals surface area (Å²) in [6.45, 7) is 2.83. The van der Waals surface area contributed by atoms with Gasteiger partial charge in [0.1, 0.15) is 14.1 Å². The lowest BCUT2D eigenvalue weighted by Gasteiger charge is -1.80. The molecule has 0 saturated heterocycles. The van der Waals surface area contributed by atoms with E-state index < -0.39 is 0 Å². The number of esters is 1. The molecule has 0 heterocycles. The summed E-state index contributed by atoms with van der Waals surface area (Å²) in [6, 6.07) is 0. The number of isocyanates is 1. The molecule has 0 spiro atoms. The van der Waals surface area contributed by atoms with Gasteiger partial charge in [0.2, 0.25) is 5.91 Å². The number of carbonyl (C=O) groups is 2. The third kappa shape index (κ3) is 70.3. The van der Waals surface area contributed by atoms with Gasteiger partial charge in [-0.05, 0) is 0 Å². The van der Waals surface area contributed by atoms with Gasteiger partial charge in [-0.15, -0.1) is 0 Å². The van der Waals surface area contributed by atoms with Crippen molar-refractivity contribution in [2.24, 2.45) is 0 Å². The Balaban J connectivity index is -0.000000144. The Hall–Kier alpha value is -1.68. The first-order chi connectivity index (χ1) is 6.81. The molecule has 1 N–H and O–H groups in total. The monoisotopic (exact) mass is 219 g/mol. The number of carbonyl (C=O) groups excluding carboxylic acids is 3. The summed E-state index contributed by atoms with van der Waals surface area (Å²) in [6.07, 6.45) is 1.61. The van der Waals surface area contributed by atoms with Crippen molar-refractivity contribution in [3.8, 4) is 0 Å². The fourth-order valence-corrected chi connectivity index (χ4v) is 0. The summed E-state index contributed by atoms with van der Waals surface area (Å²) >= 11 is 0. The Morgan fingerprint density at radius 3 is 1.47 bits per heavy atom. The highest BCUT2D eigenvalue weighted by molar-refractivity contribution is 5.72. The van der Waals surface area contributed by atoms with Crippen molar-refractivity contribution in [2.45, 2.75) is 13.8 Å². The number of amides is 1. The molecule has 0 atom stereocenters. The van der Waals surface area contributed by atoms with Crippen molar-refractivity contribution < 1.29 is 23.7 Å². The second-order valence-electron chi connectivity index (χ2n) is 2.49. The highest BCUT2D eigenvalue weighted by Gasteiger charge is 1.75. The van der Waals surface area contributed by atoms with E-state index in [0.29, 0.717) is 0 Å². The van der Waals surface area contributed by atoms with Crippen LogP contribution in [0.2, 0.25) is 0 Å². The quantitative estimate of drug-likeness (QED) is 0.258. The van der Waals surface area contributed by atoms with Gasteiger partial charge in [-0.2, -0.15) is 9.37 Å². The SMILES string of the molecule is CNC(C)=O.COC(C)=O.C[N+](C)=C=O. The van der Waals surface area contributed by atoms with Crippen LogP contribution in [-0.4, -0.2) is 50.8 Å². The summed E-state index contributed by atoms with van der Waals surface area (Å²) in [5.74, 6) is -0.241. The first kappa shape index (κ1) is 19.0. The summed E-state index contributed by atoms with van der Waals surface area (Å²) < 4.78 is 5.43. The highest BCUT2D eigenvalue weighted by Crippen LogP contribution is 1.60. The molecule has 0 radical (unpaired) electrons. The predicted octanol–water partition coefficient (Wildman–Crippen LogP) is -0.474. The molecule has 0 saturated carbocycles. The lowest BCUT2D eigenvalue weighted by Crippen LogP contribution is -2.11. The summed E-state index contributed by atoms with van der Waals surface area (Å²) in [4.78, 5) is 28.6. The second-order valence-corrected chi connectivity index (χ2v) is 2.49. The summed E-state index contributed by atoms with van der Waals surface area (Å²) in [5, 5.41) is 2.39. The molecule has 0 bridgehead atoms. The number of nitrogens with one attached hydrogen (secondary N) is 1. The van der Waals surface area contributed by atoms with Gasteiger partial charge in [-0.25, -0.2) is 0 Å². The van der Waals surface area contributed by atoms with Gasteiger partial charge in [0, 0.05) is 20.9 Å². The Morgan fingerprint density at radius 2 is 1.47 bits per heavy atom. The molecular weight excluding hydrogens is 200 g/mol. The van der Waals surface area contributed by atoms with E-state index in [4.69, 9.17) is 0 Å². The fourth-order valence-electron chi connectivity index (χ4n) is 0. The van der Waals surface area contributed by atoms with Crippen LogP contribution in [0.5, 0.6) is 0 Å². The van der Waals surface area contributed by atoms with Crippen molar-refractivity contribution in [2.75, 3.05) is 28.3 Å². The molecule has 0 aromatic carbocycles. The van der Waals surface area contributed by atoms with Crippen molar-refractivity contribution >= 4 is 18.0 Å². The van der Waals surface area contributed by atoms with Crippen molar-refractivity contribution in [3.05, 3.63) is 0 Å². The van der Waals surface area contributed by atoms with Crippen molar-refractivity contribution in [3.63, 3.8) is 0 Å². The number of hydrogen-bond acceptors (Lipinski definition) is 4. The van der Waals surface area contributed by atoms with Gasteiger partial charge in [0.05, 0.1) is 7.11 Å². The van der Waals surface area contributed by atoms with Crippen LogP contribution in [0.15, 0.2) is 0 Å². The Kier molecular flexibility index (Phi) is 18.8. The van der Waals surface area contributed by atoms with Gasteiger partial charge in [0.15, 0.2) is 0 Å². The molecule has 0 aromatic heterocycles. The number of rotatable bonds is 0. The maximum Gasteiger partial charge on any atom is 0.423 e. The van der Waals surface area contributed by atoms with Crippen LogP contribution >= 0.6 is 0 Å². The van der Waals surface area contributed by atoms with Gasteiger partial charge in [-0.1, -0.05) is 0 Å². The van der Waals surface area contributed by atoms with Crippen molar-refractivity contribution in [1.82, 2.24) is 5.32 Å². The molecule has 0 rings (SSSR count). The normalized spacial score (nSPS) is 6.53. The number of methoxy groups -OCH3 is 1. The lowest BCUT2D eigenvalue weighted by atomic mass is 10.7. The molecule has 0 fully saturated rings. The highest BCUT2D eigenvalue weighted by atomic mass is 16.5. The maximum absolute atomic E-state index is 9.70. The average Bonchev–Trinajstić information content (AvgIpc) is 2.19. The Bertz CT molecular complexity index is 214.